The number of fused-ring (bicyclic) bond motifs is 6. The minimum atomic E-state index is 0.632. The molecule has 0 fully saturated rings. The number of hydrogen-bond acceptors (Lipinski definition) is 3. The molecule has 0 saturated heterocycles. The van der Waals surface area contributed by atoms with Gasteiger partial charge in [-0.15, -0.1) is 0 Å². The average Bonchev–Trinajstić information content (AvgIpc) is 3.59. The van der Waals surface area contributed by atoms with Gasteiger partial charge >= 0.3 is 0 Å². The van der Waals surface area contributed by atoms with Crippen molar-refractivity contribution >= 4 is 43.9 Å². The van der Waals surface area contributed by atoms with Gasteiger partial charge in [-0.25, -0.2) is 0 Å². The number of furan rings is 2. The fourth-order valence-electron chi connectivity index (χ4n) is 5.96. The summed E-state index contributed by atoms with van der Waals surface area (Å²) < 4.78 is 12.6. The van der Waals surface area contributed by atoms with Crippen LogP contribution in [-0.4, -0.2) is 0 Å². The van der Waals surface area contributed by atoms with Crippen LogP contribution >= 0.6 is 0 Å². The van der Waals surface area contributed by atoms with Crippen LogP contribution in [0.25, 0.3) is 77.3 Å². The van der Waals surface area contributed by atoms with E-state index in [2.05, 4.69) is 60.7 Å². The molecular weight excluding hydrogens is 490 g/mol. The highest BCUT2D eigenvalue weighted by Gasteiger charge is 2.19. The van der Waals surface area contributed by atoms with Crippen LogP contribution in [0.2, 0.25) is 0 Å². The van der Waals surface area contributed by atoms with Crippen LogP contribution < -0.4 is 0 Å². The molecule has 3 heteroatoms. The molecule has 0 amide bonds. The summed E-state index contributed by atoms with van der Waals surface area (Å²) in [5, 5.41) is 14.4. The topological polar surface area (TPSA) is 50.1 Å². The second-order valence-electron chi connectivity index (χ2n) is 9.98. The summed E-state index contributed by atoms with van der Waals surface area (Å²) in [4.78, 5) is 0. The molecule has 8 aromatic rings. The lowest BCUT2D eigenvalue weighted by atomic mass is 9.87. The highest BCUT2D eigenvalue weighted by molar-refractivity contribution is 6.14. The minimum absolute atomic E-state index is 0.632. The molecule has 8 rings (SSSR count). The average molecular weight is 512 g/mol. The second-order valence-corrected chi connectivity index (χ2v) is 9.98. The molecule has 0 spiro atoms. The summed E-state index contributed by atoms with van der Waals surface area (Å²) in [5.74, 6) is 0. The Hall–Kier alpha value is -5.59. The molecule has 2 heterocycles. The lowest BCUT2D eigenvalue weighted by molar-refractivity contribution is 0.669. The van der Waals surface area contributed by atoms with Gasteiger partial charge in [-0.3, -0.25) is 0 Å². The molecule has 186 valence electrons. The summed E-state index contributed by atoms with van der Waals surface area (Å²) in [6, 6.07) is 45.4. The molecule has 40 heavy (non-hydrogen) atoms. The minimum Gasteiger partial charge on any atom is -0.456 e. The van der Waals surface area contributed by atoms with Gasteiger partial charge in [0.05, 0.1) is 11.6 Å². The third-order valence-corrected chi connectivity index (χ3v) is 7.77. The number of rotatable bonds is 3. The van der Waals surface area contributed by atoms with E-state index in [-0.39, 0.29) is 0 Å². The third kappa shape index (κ3) is 3.30. The van der Waals surface area contributed by atoms with Crippen molar-refractivity contribution in [2.45, 2.75) is 0 Å². The van der Waals surface area contributed by atoms with Gasteiger partial charge in [-0.1, -0.05) is 97.1 Å². The molecule has 0 saturated carbocycles. The number of para-hydroxylation sites is 3. The van der Waals surface area contributed by atoms with Crippen molar-refractivity contribution in [3.63, 3.8) is 0 Å². The number of nitriles is 1. The van der Waals surface area contributed by atoms with E-state index in [0.717, 1.165) is 77.3 Å². The largest absolute Gasteiger partial charge is 0.456 e. The van der Waals surface area contributed by atoms with E-state index in [1.54, 1.807) is 0 Å². The summed E-state index contributed by atoms with van der Waals surface area (Å²) in [7, 11) is 0. The first-order valence-electron chi connectivity index (χ1n) is 13.2. The SMILES string of the molecule is N#Cc1ccccc1-c1cc(-c2cccc3c2oc2ccccc23)ccc1-c1cccc2oc3ccccc3c12. The maximum absolute atomic E-state index is 10.0. The molecule has 0 bridgehead atoms. The predicted molar refractivity (Wildman–Crippen MR) is 162 cm³/mol. The molecule has 0 atom stereocenters. The first-order chi connectivity index (χ1) is 19.8. The highest BCUT2D eigenvalue weighted by atomic mass is 16.3. The fraction of sp³-hybridized carbons (Fsp3) is 0. The lowest BCUT2D eigenvalue weighted by Gasteiger charge is -2.15. The van der Waals surface area contributed by atoms with Crippen LogP contribution in [0.5, 0.6) is 0 Å². The molecule has 0 aliphatic carbocycles. The van der Waals surface area contributed by atoms with Crippen LogP contribution in [0.1, 0.15) is 5.56 Å². The Kier molecular flexibility index (Phi) is 4.89. The number of benzene rings is 6. The molecule has 0 radical (unpaired) electrons. The molecular formula is C37H21NO2. The Balaban J connectivity index is 1.44. The maximum Gasteiger partial charge on any atom is 0.143 e. The predicted octanol–water partition coefficient (Wildman–Crippen LogP) is 10.4. The fourth-order valence-corrected chi connectivity index (χ4v) is 5.96. The van der Waals surface area contributed by atoms with E-state index < -0.39 is 0 Å². The van der Waals surface area contributed by atoms with Crippen molar-refractivity contribution in [2.75, 3.05) is 0 Å². The van der Waals surface area contributed by atoms with Crippen molar-refractivity contribution in [2.24, 2.45) is 0 Å². The molecule has 6 aromatic carbocycles. The van der Waals surface area contributed by atoms with Crippen molar-refractivity contribution in [1.29, 1.82) is 5.26 Å². The zero-order valence-corrected chi connectivity index (χ0v) is 21.4. The Morgan fingerprint density at radius 1 is 0.450 bits per heavy atom. The molecule has 0 aliphatic heterocycles. The molecule has 0 aliphatic rings. The van der Waals surface area contributed by atoms with Gasteiger partial charge in [0.15, 0.2) is 0 Å². The van der Waals surface area contributed by atoms with E-state index in [9.17, 15) is 5.26 Å². The van der Waals surface area contributed by atoms with Crippen LogP contribution in [0.4, 0.5) is 0 Å². The van der Waals surface area contributed by atoms with Gasteiger partial charge < -0.3 is 8.83 Å². The normalized spacial score (nSPS) is 11.5. The zero-order chi connectivity index (χ0) is 26.6. The van der Waals surface area contributed by atoms with Crippen molar-refractivity contribution in [3.05, 3.63) is 133 Å². The molecule has 0 unspecified atom stereocenters. The van der Waals surface area contributed by atoms with E-state index >= 15 is 0 Å². The monoisotopic (exact) mass is 511 g/mol. The zero-order valence-electron chi connectivity index (χ0n) is 21.4. The second kappa shape index (κ2) is 8.73. The molecule has 2 aromatic heterocycles. The van der Waals surface area contributed by atoms with E-state index in [1.807, 2.05) is 72.8 Å². The standard InChI is InChI=1S/C37H21NO2/c38-22-24-9-1-2-10-25(24)32-21-23(26-13-7-15-30-28-11-3-5-16-33(28)40-37(26)30)19-20-27(32)29-14-8-18-35-36(29)31-12-4-6-17-34(31)39-35/h1-21H. The van der Waals surface area contributed by atoms with E-state index in [1.165, 1.54) is 0 Å². The highest BCUT2D eigenvalue weighted by Crippen LogP contribution is 2.44. The Bertz CT molecular complexity index is 2290. The van der Waals surface area contributed by atoms with Gasteiger partial charge in [0, 0.05) is 32.7 Å². The lowest BCUT2D eigenvalue weighted by Crippen LogP contribution is -1.91. The van der Waals surface area contributed by atoms with Crippen LogP contribution in [0.3, 0.4) is 0 Å². The first-order valence-corrected chi connectivity index (χ1v) is 13.2. The van der Waals surface area contributed by atoms with Gasteiger partial charge in [0.25, 0.3) is 0 Å². The van der Waals surface area contributed by atoms with E-state index in [0.29, 0.717) is 5.56 Å². The smallest absolute Gasteiger partial charge is 0.143 e. The van der Waals surface area contributed by atoms with Gasteiger partial charge in [0.1, 0.15) is 22.3 Å². The van der Waals surface area contributed by atoms with Gasteiger partial charge in [-0.05, 0) is 52.6 Å². The van der Waals surface area contributed by atoms with Crippen LogP contribution in [0.15, 0.2) is 136 Å². The first kappa shape index (κ1) is 22.4. The van der Waals surface area contributed by atoms with Crippen LogP contribution in [0, 0.1) is 11.3 Å². The quantitative estimate of drug-likeness (QED) is 0.237. The summed E-state index contributed by atoms with van der Waals surface area (Å²) in [5.41, 5.74) is 10.1. The Morgan fingerprint density at radius 3 is 1.98 bits per heavy atom. The van der Waals surface area contributed by atoms with Crippen LogP contribution in [-0.2, 0) is 0 Å². The number of nitrogens with zero attached hydrogens (tertiary/aromatic N) is 1. The summed E-state index contributed by atoms with van der Waals surface area (Å²) >= 11 is 0. The van der Waals surface area contributed by atoms with Crippen molar-refractivity contribution in [3.8, 4) is 39.4 Å². The third-order valence-electron chi connectivity index (χ3n) is 7.77. The Labute approximate surface area is 230 Å². The van der Waals surface area contributed by atoms with Crippen molar-refractivity contribution < 1.29 is 8.83 Å². The maximum atomic E-state index is 10.0. The summed E-state index contributed by atoms with van der Waals surface area (Å²) in [6.07, 6.45) is 0. The van der Waals surface area contributed by atoms with Crippen molar-refractivity contribution in [1.82, 2.24) is 0 Å². The van der Waals surface area contributed by atoms with Gasteiger partial charge in [-0.2, -0.15) is 5.26 Å². The van der Waals surface area contributed by atoms with E-state index in [4.69, 9.17) is 8.83 Å². The Morgan fingerprint density at radius 2 is 1.10 bits per heavy atom. The summed E-state index contributed by atoms with van der Waals surface area (Å²) in [6.45, 7) is 0. The molecule has 3 nitrogen and oxygen atoms in total. The van der Waals surface area contributed by atoms with Gasteiger partial charge in [0.2, 0.25) is 0 Å². The molecule has 0 N–H and O–H groups in total. The number of hydrogen-bond donors (Lipinski definition) is 0.